The molecule has 0 bridgehead atoms. The molecule has 2 amide bonds. The van der Waals surface area contributed by atoms with Crippen LogP contribution in [0.25, 0.3) is 0 Å². The number of methoxy groups -OCH3 is 1. The van der Waals surface area contributed by atoms with E-state index in [1.54, 1.807) is 57.2 Å². The number of nitrogens with one attached hydrogen (secondary N) is 2. The lowest BCUT2D eigenvalue weighted by Crippen LogP contribution is -2.61. The maximum absolute atomic E-state index is 13.1. The molecule has 192 valence electrons. The number of esters is 1. The molecule has 0 aromatic heterocycles. The molecule has 0 unspecified atom stereocenters. The van der Waals surface area contributed by atoms with Gasteiger partial charge in [0.25, 0.3) is 0 Å². The van der Waals surface area contributed by atoms with Crippen molar-refractivity contribution in [3.8, 4) is 23.8 Å². The van der Waals surface area contributed by atoms with Crippen molar-refractivity contribution in [1.82, 2.24) is 10.6 Å². The molecule has 2 rings (SSSR count). The van der Waals surface area contributed by atoms with E-state index < -0.39 is 41.8 Å². The van der Waals surface area contributed by atoms with Crippen LogP contribution in [0, 0.1) is 12.3 Å². The van der Waals surface area contributed by atoms with Gasteiger partial charge in [0.1, 0.15) is 30.3 Å². The third kappa shape index (κ3) is 8.87. The van der Waals surface area contributed by atoms with Crippen LogP contribution in [0.4, 0.5) is 4.79 Å². The molecule has 2 N–H and O–H groups in total. The highest BCUT2D eigenvalue weighted by Gasteiger charge is 2.42. The smallest absolute Gasteiger partial charge is 0.408 e. The van der Waals surface area contributed by atoms with Gasteiger partial charge in [-0.3, -0.25) is 9.59 Å². The third-order valence-corrected chi connectivity index (χ3v) is 4.79. The summed E-state index contributed by atoms with van der Waals surface area (Å²) < 4.78 is 21.6. The molecule has 0 saturated heterocycles. The van der Waals surface area contributed by atoms with Gasteiger partial charge >= 0.3 is 12.1 Å². The molecule has 0 aliphatic carbocycles. The quantitative estimate of drug-likeness (QED) is 0.384. The number of carbonyl (C=O) groups excluding carboxylic acids is 3. The summed E-state index contributed by atoms with van der Waals surface area (Å²) in [7, 11) is 1.53. The number of rotatable bonds is 10. The first kappa shape index (κ1) is 28.1. The van der Waals surface area contributed by atoms with E-state index in [-0.39, 0.29) is 6.61 Å². The molecule has 0 aliphatic heterocycles. The Morgan fingerprint density at radius 1 is 0.972 bits per heavy atom. The van der Waals surface area contributed by atoms with Gasteiger partial charge in [-0.05, 0) is 57.5 Å². The summed E-state index contributed by atoms with van der Waals surface area (Å²) in [5.41, 5.74) is -1.63. The SMILES string of the molecule is C#C[C@@](C)(Oc1ccc(OC)cc1)[C@H](NC(=O)OCc1ccccc1)C(=O)NCC(=O)OC(C)(C)C. The van der Waals surface area contributed by atoms with Gasteiger partial charge in [0.2, 0.25) is 5.91 Å². The fraction of sp³-hybridized carbons (Fsp3) is 0.370. The van der Waals surface area contributed by atoms with Gasteiger partial charge in [0, 0.05) is 0 Å². The van der Waals surface area contributed by atoms with Crippen molar-refractivity contribution in [2.75, 3.05) is 13.7 Å². The molecular weight excluding hydrogens is 464 g/mol. The van der Waals surface area contributed by atoms with E-state index in [4.69, 9.17) is 25.4 Å². The zero-order chi connectivity index (χ0) is 26.8. The van der Waals surface area contributed by atoms with Gasteiger partial charge < -0.3 is 29.6 Å². The summed E-state index contributed by atoms with van der Waals surface area (Å²) in [6.07, 6.45) is 4.87. The standard InChI is InChI=1S/C27H32N2O7/c1-7-27(5,35-21-15-13-20(33-6)14-16-21)23(24(31)28-17-22(30)36-26(2,3)4)29-25(32)34-18-19-11-9-8-10-12-19/h1,8-16,23H,17-18H2,2-6H3,(H,28,31)(H,29,32)/t23-,27-/m1/s1. The fourth-order valence-electron chi connectivity index (χ4n) is 3.04. The maximum atomic E-state index is 13.1. The van der Waals surface area contributed by atoms with Crippen LogP contribution >= 0.6 is 0 Å². The Labute approximate surface area is 211 Å². The zero-order valence-electron chi connectivity index (χ0n) is 21.1. The second kappa shape index (κ2) is 12.5. The summed E-state index contributed by atoms with van der Waals surface area (Å²) in [6.45, 7) is 6.13. The molecule has 2 aromatic carbocycles. The molecule has 2 atom stereocenters. The maximum Gasteiger partial charge on any atom is 0.408 e. The van der Waals surface area contributed by atoms with Crippen LogP contribution in [0.5, 0.6) is 11.5 Å². The van der Waals surface area contributed by atoms with Gasteiger partial charge in [-0.1, -0.05) is 36.3 Å². The number of terminal acetylenes is 1. The minimum Gasteiger partial charge on any atom is -0.497 e. The number of hydrogen-bond acceptors (Lipinski definition) is 7. The van der Waals surface area contributed by atoms with Crippen LogP contribution in [0.3, 0.4) is 0 Å². The average molecular weight is 497 g/mol. The van der Waals surface area contributed by atoms with Crippen molar-refractivity contribution in [2.45, 2.75) is 51.5 Å². The molecule has 0 heterocycles. The van der Waals surface area contributed by atoms with Gasteiger partial charge in [0.05, 0.1) is 7.11 Å². The van der Waals surface area contributed by atoms with E-state index in [1.165, 1.54) is 14.0 Å². The summed E-state index contributed by atoms with van der Waals surface area (Å²) >= 11 is 0. The minimum absolute atomic E-state index is 0.0228. The second-order valence-electron chi connectivity index (χ2n) is 8.97. The van der Waals surface area contributed by atoms with Gasteiger partial charge in [0.15, 0.2) is 11.6 Å². The van der Waals surface area contributed by atoms with Crippen LogP contribution in [-0.2, 0) is 25.7 Å². The largest absolute Gasteiger partial charge is 0.497 e. The van der Waals surface area contributed by atoms with Crippen LogP contribution in [0.2, 0.25) is 0 Å². The van der Waals surface area contributed by atoms with Crippen molar-refractivity contribution < 1.29 is 33.3 Å². The lowest BCUT2D eigenvalue weighted by Gasteiger charge is -2.33. The van der Waals surface area contributed by atoms with Gasteiger partial charge in [-0.25, -0.2) is 4.79 Å². The molecule has 0 spiro atoms. The molecule has 0 fully saturated rings. The molecular formula is C27H32N2O7. The number of amides is 2. The molecule has 36 heavy (non-hydrogen) atoms. The number of alkyl carbamates (subject to hydrolysis) is 1. The van der Waals surface area contributed by atoms with Crippen molar-refractivity contribution in [1.29, 1.82) is 0 Å². The highest BCUT2D eigenvalue weighted by atomic mass is 16.6. The molecule has 9 heteroatoms. The second-order valence-corrected chi connectivity index (χ2v) is 8.97. The third-order valence-electron chi connectivity index (χ3n) is 4.79. The first-order valence-electron chi connectivity index (χ1n) is 11.2. The predicted molar refractivity (Wildman–Crippen MR) is 133 cm³/mol. The summed E-state index contributed by atoms with van der Waals surface area (Å²) in [6, 6.07) is 14.1. The number of hydrogen-bond donors (Lipinski definition) is 2. The van der Waals surface area contributed by atoms with Gasteiger partial charge in [-0.2, -0.15) is 0 Å². The Kier molecular flexibility index (Phi) is 9.74. The van der Waals surface area contributed by atoms with E-state index in [9.17, 15) is 14.4 Å². The monoisotopic (exact) mass is 496 g/mol. The molecule has 0 saturated carbocycles. The number of carbonyl (C=O) groups is 3. The van der Waals surface area contributed by atoms with Crippen LogP contribution in [0.15, 0.2) is 54.6 Å². The Hall–Kier alpha value is -4.19. The Morgan fingerprint density at radius 3 is 2.14 bits per heavy atom. The van der Waals surface area contributed by atoms with Crippen molar-refractivity contribution >= 4 is 18.0 Å². The Balaban J connectivity index is 2.20. The van der Waals surface area contributed by atoms with E-state index in [0.29, 0.717) is 11.5 Å². The first-order valence-corrected chi connectivity index (χ1v) is 11.2. The summed E-state index contributed by atoms with van der Waals surface area (Å²) in [5.74, 6) is 1.96. The van der Waals surface area contributed by atoms with E-state index in [2.05, 4.69) is 16.6 Å². The van der Waals surface area contributed by atoms with Crippen LogP contribution in [-0.4, -0.2) is 48.9 Å². The summed E-state index contributed by atoms with van der Waals surface area (Å²) in [5, 5.41) is 4.92. The highest BCUT2D eigenvalue weighted by molar-refractivity contribution is 5.90. The normalized spacial score (nSPS) is 13.2. The molecule has 9 nitrogen and oxygen atoms in total. The van der Waals surface area contributed by atoms with Crippen LogP contribution in [0.1, 0.15) is 33.3 Å². The number of ether oxygens (including phenoxy) is 4. The van der Waals surface area contributed by atoms with Crippen molar-refractivity contribution in [3.05, 3.63) is 60.2 Å². The summed E-state index contributed by atoms with van der Waals surface area (Å²) in [4.78, 5) is 37.8. The van der Waals surface area contributed by atoms with Crippen LogP contribution < -0.4 is 20.1 Å². The van der Waals surface area contributed by atoms with Crippen molar-refractivity contribution in [3.63, 3.8) is 0 Å². The Morgan fingerprint density at radius 2 is 1.58 bits per heavy atom. The average Bonchev–Trinajstić information content (AvgIpc) is 2.84. The first-order chi connectivity index (χ1) is 17.0. The predicted octanol–water partition coefficient (Wildman–Crippen LogP) is 3.22. The Bertz CT molecular complexity index is 1070. The topological polar surface area (TPSA) is 112 Å². The van der Waals surface area contributed by atoms with E-state index >= 15 is 0 Å². The minimum atomic E-state index is -1.65. The fourth-order valence-corrected chi connectivity index (χ4v) is 3.04. The molecule has 0 radical (unpaired) electrons. The van der Waals surface area contributed by atoms with Crippen molar-refractivity contribution in [2.24, 2.45) is 0 Å². The van der Waals surface area contributed by atoms with Gasteiger partial charge in [-0.15, -0.1) is 6.42 Å². The molecule has 2 aromatic rings. The zero-order valence-corrected chi connectivity index (χ0v) is 21.1. The lowest BCUT2D eigenvalue weighted by molar-refractivity contribution is -0.154. The lowest BCUT2D eigenvalue weighted by atomic mass is 9.96. The van der Waals surface area contributed by atoms with E-state index in [1.807, 2.05) is 18.2 Å². The molecule has 0 aliphatic rings. The number of benzene rings is 2. The van der Waals surface area contributed by atoms with E-state index in [0.717, 1.165) is 5.56 Å². The highest BCUT2D eigenvalue weighted by Crippen LogP contribution is 2.24.